The smallest absolute Gasteiger partial charge is 0.390 e. The van der Waals surface area contributed by atoms with Gasteiger partial charge in [-0.1, -0.05) is 102 Å². The second kappa shape index (κ2) is 9.46. The van der Waals surface area contributed by atoms with Gasteiger partial charge in [-0.15, -0.1) is 0 Å². The third-order valence-electron chi connectivity index (χ3n) is 7.78. The number of fused-ring (bicyclic) bond motifs is 7. The van der Waals surface area contributed by atoms with E-state index in [1.54, 1.807) is 0 Å². The van der Waals surface area contributed by atoms with E-state index in [1.165, 1.54) is 16.3 Å². The summed E-state index contributed by atoms with van der Waals surface area (Å²) < 4.78 is 20.3. The first-order chi connectivity index (χ1) is 18.9. The Morgan fingerprint density at radius 2 is 1.10 bits per heavy atom. The minimum atomic E-state index is -1.79. The van der Waals surface area contributed by atoms with Gasteiger partial charge in [0.15, 0.2) is 0 Å². The molecule has 6 aromatic rings. The summed E-state index contributed by atoms with van der Waals surface area (Å²) in [5, 5.41) is 6.78. The van der Waals surface area contributed by atoms with Crippen molar-refractivity contribution in [3.63, 3.8) is 0 Å². The van der Waals surface area contributed by atoms with Gasteiger partial charge in [0.05, 0.1) is 0 Å². The molecule has 0 atom stereocenters. The van der Waals surface area contributed by atoms with Crippen LogP contribution in [0, 0.1) is 13.8 Å². The van der Waals surface area contributed by atoms with Gasteiger partial charge < -0.3 is 12.9 Å². The van der Waals surface area contributed by atoms with Gasteiger partial charge in [0.25, 0.3) is 0 Å². The lowest BCUT2D eigenvalue weighted by molar-refractivity contribution is 0.475. The van der Waals surface area contributed by atoms with Crippen molar-refractivity contribution >= 4 is 51.7 Å². The molecule has 6 rings (SSSR count). The van der Waals surface area contributed by atoms with E-state index in [-0.39, 0.29) is 10.8 Å². The standard InChI is InChI=1S/C36H37O3P/c1-22-19-24-13-9-11-15-27(24)31-32-28-16-12-10-14-25(28)20-23(2)34(32)39-40(38-33(22)31)37-30-18-17-26(35(3,4)5)21-29(30)36(6,7)8/h9-21H,1-8H3. The summed E-state index contributed by atoms with van der Waals surface area (Å²) in [6, 6.07) is 28.0. The minimum Gasteiger partial charge on any atom is -0.390 e. The van der Waals surface area contributed by atoms with Crippen LogP contribution in [0.4, 0.5) is 0 Å². The molecule has 0 saturated carbocycles. The average Bonchev–Trinajstić information content (AvgIpc) is 3.06. The molecule has 0 unspecified atom stereocenters. The Balaban J connectivity index is 1.73. The first kappa shape index (κ1) is 26.5. The van der Waals surface area contributed by atoms with Crippen LogP contribution >= 0.6 is 8.24 Å². The molecule has 4 heteroatoms. The molecule has 0 N–H and O–H groups in total. The van der Waals surface area contributed by atoms with Crippen molar-refractivity contribution < 1.29 is 12.9 Å². The second-order valence-corrected chi connectivity index (χ2v) is 13.9. The van der Waals surface area contributed by atoms with Gasteiger partial charge in [-0.2, -0.15) is 0 Å². The fourth-order valence-corrected chi connectivity index (χ4v) is 6.82. The maximum Gasteiger partial charge on any atom is 0.453 e. The van der Waals surface area contributed by atoms with Gasteiger partial charge in [0.2, 0.25) is 0 Å². The summed E-state index contributed by atoms with van der Waals surface area (Å²) in [6.07, 6.45) is 0. The summed E-state index contributed by atoms with van der Waals surface area (Å²) in [5.41, 5.74) is 6.10. The lowest BCUT2D eigenvalue weighted by Crippen LogP contribution is -2.16. The van der Waals surface area contributed by atoms with Crippen molar-refractivity contribution in [1.29, 1.82) is 0 Å². The molecule has 0 amide bonds. The summed E-state index contributed by atoms with van der Waals surface area (Å²) in [7, 11) is -1.79. The van der Waals surface area contributed by atoms with Gasteiger partial charge in [0.1, 0.15) is 16.9 Å². The fraction of sp³-hybridized carbons (Fsp3) is 0.278. The van der Waals surface area contributed by atoms with Crippen LogP contribution in [0.1, 0.15) is 63.8 Å². The van der Waals surface area contributed by atoms with Crippen LogP contribution in [-0.2, 0) is 10.8 Å². The number of hydrogen-bond donors (Lipinski definition) is 0. The first-order valence-electron chi connectivity index (χ1n) is 14.0. The molecular weight excluding hydrogens is 511 g/mol. The number of rotatable bonds is 2. The number of benzene rings is 5. The third kappa shape index (κ3) is 4.57. The molecule has 1 aromatic heterocycles. The van der Waals surface area contributed by atoms with Crippen molar-refractivity contribution in [2.24, 2.45) is 0 Å². The lowest BCUT2D eigenvalue weighted by Gasteiger charge is -2.26. The Hall–Kier alpha value is -3.68. The molecule has 3 nitrogen and oxygen atoms in total. The predicted octanol–water partition coefficient (Wildman–Crippen LogP) is 11.7. The Bertz CT molecular complexity index is 1860. The van der Waals surface area contributed by atoms with E-state index in [0.29, 0.717) is 0 Å². The molecule has 1 heterocycles. The van der Waals surface area contributed by atoms with Crippen LogP contribution in [0.15, 0.2) is 87.3 Å². The zero-order valence-corrected chi connectivity index (χ0v) is 25.6. The first-order valence-corrected chi connectivity index (χ1v) is 15.1. The molecule has 0 radical (unpaired) electrons. The molecule has 0 saturated heterocycles. The van der Waals surface area contributed by atoms with E-state index in [1.807, 2.05) is 0 Å². The Morgan fingerprint density at radius 3 is 1.57 bits per heavy atom. The molecule has 0 aliphatic rings. The van der Waals surface area contributed by atoms with Crippen LogP contribution in [0.2, 0.25) is 0 Å². The predicted molar refractivity (Wildman–Crippen MR) is 171 cm³/mol. The van der Waals surface area contributed by atoms with E-state index < -0.39 is 8.24 Å². The molecule has 0 spiro atoms. The van der Waals surface area contributed by atoms with Gasteiger partial charge in [-0.05, 0) is 81.1 Å². The van der Waals surface area contributed by atoms with Gasteiger partial charge in [0, 0.05) is 16.3 Å². The summed E-state index contributed by atoms with van der Waals surface area (Å²) >= 11 is 0. The monoisotopic (exact) mass is 548 g/mol. The van der Waals surface area contributed by atoms with Crippen LogP contribution in [0.3, 0.4) is 0 Å². The van der Waals surface area contributed by atoms with Crippen LogP contribution in [0.5, 0.6) is 5.75 Å². The van der Waals surface area contributed by atoms with E-state index in [2.05, 4.69) is 134 Å². The summed E-state index contributed by atoms with van der Waals surface area (Å²) in [5.74, 6) is 0.800. The van der Waals surface area contributed by atoms with Gasteiger partial charge in [-0.25, -0.2) is 0 Å². The highest BCUT2D eigenvalue weighted by Crippen LogP contribution is 2.46. The molecule has 0 aliphatic carbocycles. The Morgan fingerprint density at radius 1 is 0.600 bits per heavy atom. The van der Waals surface area contributed by atoms with Gasteiger partial charge >= 0.3 is 8.24 Å². The van der Waals surface area contributed by atoms with Crippen LogP contribution < -0.4 is 4.52 Å². The summed E-state index contributed by atoms with van der Waals surface area (Å²) in [4.78, 5) is 0. The minimum absolute atomic E-state index is 0.0351. The van der Waals surface area contributed by atoms with Gasteiger partial charge in [-0.3, -0.25) is 0 Å². The molecule has 40 heavy (non-hydrogen) atoms. The number of aryl methyl sites for hydroxylation is 2. The lowest BCUT2D eigenvalue weighted by atomic mass is 9.80. The van der Waals surface area contributed by atoms with Crippen molar-refractivity contribution in [2.75, 3.05) is 0 Å². The second-order valence-electron chi connectivity index (χ2n) is 12.9. The molecule has 204 valence electrons. The van der Waals surface area contributed by atoms with E-state index >= 15 is 0 Å². The fourth-order valence-electron chi connectivity index (χ4n) is 5.62. The third-order valence-corrected chi connectivity index (χ3v) is 8.79. The maximum atomic E-state index is 6.77. The zero-order chi connectivity index (χ0) is 28.4. The molecule has 5 aromatic carbocycles. The summed E-state index contributed by atoms with van der Waals surface area (Å²) in [6.45, 7) is 17.6. The maximum absolute atomic E-state index is 6.77. The zero-order valence-electron chi connectivity index (χ0n) is 24.7. The topological polar surface area (TPSA) is 35.5 Å². The highest BCUT2D eigenvalue weighted by Gasteiger charge is 2.25. The molecule has 0 fully saturated rings. The van der Waals surface area contributed by atoms with Crippen molar-refractivity contribution in [3.8, 4) is 5.75 Å². The largest absolute Gasteiger partial charge is 0.453 e. The average molecular weight is 549 g/mol. The SMILES string of the molecule is Cc1cc2ccccc2c2c1op(Oc1ccc(C(C)(C)C)cc1C(C)(C)C)oc1c(C)cc3ccccc3c12. The normalized spacial score (nSPS) is 12.5. The van der Waals surface area contributed by atoms with E-state index in [0.717, 1.165) is 55.2 Å². The Kier molecular flexibility index (Phi) is 6.28. The highest BCUT2D eigenvalue weighted by molar-refractivity contribution is 7.32. The molecule has 0 bridgehead atoms. The Labute approximate surface area is 237 Å². The molecular formula is C36H37O3P. The van der Waals surface area contributed by atoms with Crippen molar-refractivity contribution in [1.82, 2.24) is 0 Å². The highest BCUT2D eigenvalue weighted by atomic mass is 31.1. The van der Waals surface area contributed by atoms with Crippen LogP contribution in [0.25, 0.3) is 43.5 Å². The van der Waals surface area contributed by atoms with E-state index in [4.69, 9.17) is 12.9 Å². The number of hydrogen-bond acceptors (Lipinski definition) is 3. The molecule has 0 aliphatic heterocycles. The van der Waals surface area contributed by atoms with Crippen LogP contribution in [-0.4, -0.2) is 0 Å². The quantitative estimate of drug-likeness (QED) is 0.216. The van der Waals surface area contributed by atoms with Crippen molar-refractivity contribution in [2.45, 2.75) is 66.2 Å². The van der Waals surface area contributed by atoms with Crippen molar-refractivity contribution in [3.05, 3.63) is 101 Å². The van der Waals surface area contributed by atoms with E-state index in [9.17, 15) is 0 Å².